The van der Waals surface area contributed by atoms with Gasteiger partial charge in [-0.2, -0.15) is 0 Å². The monoisotopic (exact) mass is 802 g/mol. The molecule has 0 aromatic heterocycles. The molecule has 6 aromatic rings. The number of carboxylic acids is 2. The van der Waals surface area contributed by atoms with Gasteiger partial charge in [0.1, 0.15) is 0 Å². The molecule has 0 saturated carbocycles. The molecule has 0 saturated heterocycles. The van der Waals surface area contributed by atoms with Gasteiger partial charge in [-0.1, -0.05) is 70.9 Å². The Bertz CT molecular complexity index is 2550. The minimum absolute atomic E-state index is 0.0561. The highest BCUT2D eigenvalue weighted by Crippen LogP contribution is 2.36. The molecule has 1 aliphatic carbocycles. The van der Waals surface area contributed by atoms with Crippen LogP contribution in [0.25, 0.3) is 43.1 Å². The Morgan fingerprint density at radius 1 is 0.500 bits per heavy atom. The molecule has 7 rings (SSSR count). The summed E-state index contributed by atoms with van der Waals surface area (Å²) in [4.78, 5) is 60.2. The van der Waals surface area contributed by atoms with E-state index in [2.05, 4.69) is 20.1 Å². The molecule has 14 heteroatoms. The van der Waals surface area contributed by atoms with Gasteiger partial charge in [0, 0.05) is 64.7 Å². The Kier molecular flexibility index (Phi) is 11.7. The Morgan fingerprint density at radius 2 is 0.897 bits per heavy atom. The third kappa shape index (κ3) is 8.51. The summed E-state index contributed by atoms with van der Waals surface area (Å²) in [6, 6.07) is 34.1. The lowest BCUT2D eigenvalue weighted by Gasteiger charge is -2.20. The maximum atomic E-state index is 14.0. The molecule has 0 heterocycles. The van der Waals surface area contributed by atoms with Crippen molar-refractivity contribution in [1.29, 1.82) is 0 Å². The van der Waals surface area contributed by atoms with Crippen LogP contribution in [0.1, 0.15) is 63.7 Å². The van der Waals surface area contributed by atoms with E-state index in [1.165, 1.54) is 0 Å². The van der Waals surface area contributed by atoms with Crippen LogP contribution in [-0.2, 0) is 12.8 Å². The van der Waals surface area contributed by atoms with Crippen LogP contribution in [0.15, 0.2) is 141 Å². The smallest absolute Gasteiger partial charge is 0.336 e. The first-order chi connectivity index (χ1) is 28.1. The maximum Gasteiger partial charge on any atom is 0.336 e. The highest BCUT2D eigenvalue weighted by atomic mass is 32.2. The van der Waals surface area contributed by atoms with Crippen molar-refractivity contribution >= 4 is 58.4 Å². The molecule has 0 amide bonds. The Morgan fingerprint density at radius 3 is 1.26 bits per heavy atom. The number of ketones is 2. The lowest BCUT2D eigenvalue weighted by atomic mass is 9.81. The zero-order valence-corrected chi connectivity index (χ0v) is 32.0. The standard InChI is InChI=1S/C44H30N6O6S2/c45-49-47-29-5-9-31(10-6-29)57-19-17-25-1-13-35(43(53)54)37(21-25)27-3-15-33-39(23-27)41(51)34-16-4-28(24-40(34)42(33)52)38-22-26(2-14-36(38)44(55)56)18-20-58-32-11-7-30(8-12-32)48-50-46/h1-16,21-24H,17-20H2,(H,53,54)(H,55,56). The topological polar surface area (TPSA) is 206 Å². The fourth-order valence-electron chi connectivity index (χ4n) is 6.72. The van der Waals surface area contributed by atoms with E-state index in [0.29, 0.717) is 58.0 Å². The lowest BCUT2D eigenvalue weighted by Crippen LogP contribution is -2.21. The minimum Gasteiger partial charge on any atom is -0.478 e. The predicted molar refractivity (Wildman–Crippen MR) is 224 cm³/mol. The van der Waals surface area contributed by atoms with Crippen molar-refractivity contribution in [2.24, 2.45) is 10.2 Å². The molecular weight excluding hydrogens is 773 g/mol. The van der Waals surface area contributed by atoms with Crippen molar-refractivity contribution in [2.45, 2.75) is 22.6 Å². The number of hydrogen-bond acceptors (Lipinski definition) is 8. The largest absolute Gasteiger partial charge is 0.478 e. The molecule has 0 radical (unpaired) electrons. The average molecular weight is 803 g/mol. The van der Waals surface area contributed by atoms with Crippen LogP contribution in [0.2, 0.25) is 0 Å². The number of nitrogens with zero attached hydrogens (tertiary/aromatic N) is 6. The van der Waals surface area contributed by atoms with E-state index >= 15 is 0 Å². The van der Waals surface area contributed by atoms with E-state index < -0.39 is 23.5 Å². The fourth-order valence-corrected chi connectivity index (χ4v) is 8.53. The highest BCUT2D eigenvalue weighted by Gasteiger charge is 2.31. The zero-order chi connectivity index (χ0) is 40.8. The average Bonchev–Trinajstić information content (AvgIpc) is 3.23. The molecule has 6 aromatic carbocycles. The molecule has 2 N–H and O–H groups in total. The molecule has 0 spiro atoms. The number of aryl methyl sites for hydroxylation is 2. The second-order valence-electron chi connectivity index (χ2n) is 13.1. The lowest BCUT2D eigenvalue weighted by molar-refractivity contribution is 0.0687. The van der Waals surface area contributed by atoms with Crippen LogP contribution in [0.4, 0.5) is 11.4 Å². The van der Waals surface area contributed by atoms with Crippen molar-refractivity contribution in [3.8, 4) is 22.3 Å². The third-order valence-corrected chi connectivity index (χ3v) is 11.6. The maximum absolute atomic E-state index is 14.0. The van der Waals surface area contributed by atoms with Crippen molar-refractivity contribution in [3.63, 3.8) is 0 Å². The van der Waals surface area contributed by atoms with Crippen molar-refractivity contribution in [1.82, 2.24) is 0 Å². The Labute approximate surface area is 339 Å². The summed E-state index contributed by atoms with van der Waals surface area (Å²) in [6.45, 7) is 0. The fraction of sp³-hybridized carbons (Fsp3) is 0.0909. The molecule has 0 unspecified atom stereocenters. The van der Waals surface area contributed by atoms with Crippen LogP contribution in [-0.4, -0.2) is 45.2 Å². The summed E-state index contributed by atoms with van der Waals surface area (Å²) in [7, 11) is 0. The van der Waals surface area contributed by atoms with Gasteiger partial charge < -0.3 is 10.2 Å². The van der Waals surface area contributed by atoms with E-state index in [1.54, 1.807) is 121 Å². The zero-order valence-electron chi connectivity index (χ0n) is 30.4. The number of hydrogen-bond donors (Lipinski definition) is 2. The van der Waals surface area contributed by atoms with E-state index in [-0.39, 0.29) is 33.4 Å². The van der Waals surface area contributed by atoms with E-state index in [9.17, 15) is 29.4 Å². The summed E-state index contributed by atoms with van der Waals surface area (Å²) in [5, 5.41) is 27.3. The van der Waals surface area contributed by atoms with Gasteiger partial charge in [-0.05, 0) is 118 Å². The Hall–Kier alpha value is -7.08. The second-order valence-corrected chi connectivity index (χ2v) is 15.4. The Balaban J connectivity index is 1.12. The molecule has 0 aliphatic heterocycles. The van der Waals surface area contributed by atoms with Gasteiger partial charge in [-0.25, -0.2) is 9.59 Å². The summed E-state index contributed by atoms with van der Waals surface area (Å²) in [5.74, 6) is -1.67. The van der Waals surface area contributed by atoms with Gasteiger partial charge in [0.05, 0.1) is 11.1 Å². The molecule has 0 fully saturated rings. The summed E-state index contributed by atoms with van der Waals surface area (Å²) in [5.41, 5.74) is 22.6. The van der Waals surface area contributed by atoms with Crippen LogP contribution in [0.5, 0.6) is 0 Å². The molecule has 58 heavy (non-hydrogen) atoms. The SMILES string of the molecule is [N-]=[N+]=Nc1ccc(SCCc2ccc(C(=O)O)c(-c3ccc4c(c3)C(=O)c3ccc(-c5cc(CCSc6ccc(N=[N+]=[N-])cc6)ccc5C(=O)O)cc3C4=O)c2)cc1. The van der Waals surface area contributed by atoms with Crippen LogP contribution in [0, 0.1) is 0 Å². The number of azide groups is 2. The second kappa shape index (κ2) is 17.4. The molecule has 12 nitrogen and oxygen atoms in total. The van der Waals surface area contributed by atoms with Gasteiger partial charge >= 0.3 is 11.9 Å². The number of carbonyl (C=O) groups excluding carboxylic acids is 2. The number of benzene rings is 6. The van der Waals surface area contributed by atoms with Crippen molar-refractivity contribution in [3.05, 3.63) is 187 Å². The number of aromatic carboxylic acids is 2. The third-order valence-electron chi connectivity index (χ3n) is 9.58. The van der Waals surface area contributed by atoms with Gasteiger partial charge in [0.25, 0.3) is 0 Å². The van der Waals surface area contributed by atoms with Crippen LogP contribution in [0.3, 0.4) is 0 Å². The first kappa shape index (κ1) is 39.2. The number of fused-ring (bicyclic) bond motifs is 2. The van der Waals surface area contributed by atoms with Gasteiger partial charge in [-0.3, -0.25) is 9.59 Å². The van der Waals surface area contributed by atoms with E-state index in [1.807, 2.05) is 24.3 Å². The highest BCUT2D eigenvalue weighted by molar-refractivity contribution is 7.99. The van der Waals surface area contributed by atoms with Gasteiger partial charge in [0.2, 0.25) is 0 Å². The molecule has 284 valence electrons. The van der Waals surface area contributed by atoms with Crippen molar-refractivity contribution in [2.75, 3.05) is 11.5 Å². The first-order valence-electron chi connectivity index (χ1n) is 17.8. The van der Waals surface area contributed by atoms with E-state index in [4.69, 9.17) is 11.1 Å². The van der Waals surface area contributed by atoms with Gasteiger partial charge in [0.15, 0.2) is 11.6 Å². The van der Waals surface area contributed by atoms with Crippen molar-refractivity contribution < 1.29 is 29.4 Å². The summed E-state index contributed by atoms with van der Waals surface area (Å²) < 4.78 is 0. The van der Waals surface area contributed by atoms with E-state index in [0.717, 1.165) is 20.9 Å². The first-order valence-corrected chi connectivity index (χ1v) is 19.8. The number of carbonyl (C=O) groups is 4. The predicted octanol–water partition coefficient (Wildman–Crippen LogP) is 11.7. The molecule has 1 aliphatic rings. The normalized spacial score (nSPS) is 11.5. The van der Waals surface area contributed by atoms with Crippen LogP contribution < -0.4 is 0 Å². The number of carboxylic acid groups (broad SMARTS) is 2. The van der Waals surface area contributed by atoms with Gasteiger partial charge in [-0.15, -0.1) is 23.5 Å². The molecule has 0 atom stereocenters. The summed E-state index contributed by atoms with van der Waals surface area (Å²) in [6.07, 6.45) is 1.24. The molecular formula is C44H30N6O6S2. The quantitative estimate of drug-likeness (QED) is 0.0467. The van der Waals surface area contributed by atoms with Crippen LogP contribution >= 0.6 is 23.5 Å². The summed E-state index contributed by atoms with van der Waals surface area (Å²) >= 11 is 3.20. The minimum atomic E-state index is -1.13. The number of rotatable bonds is 14. The molecule has 0 bridgehead atoms. The number of thioether (sulfide) groups is 2.